The Morgan fingerprint density at radius 1 is 1.00 bits per heavy atom. The van der Waals surface area contributed by atoms with Gasteiger partial charge in [0.05, 0.1) is 11.4 Å². The lowest BCUT2D eigenvalue weighted by Gasteiger charge is -2.21. The Morgan fingerprint density at radius 3 is 2.17 bits per heavy atom. The smallest absolute Gasteiger partial charge is 0.262 e. The first-order valence-corrected chi connectivity index (χ1v) is 12.7. The van der Waals surface area contributed by atoms with Crippen LogP contribution in [0.3, 0.4) is 0 Å². The van der Waals surface area contributed by atoms with Crippen LogP contribution in [-0.2, 0) is 27.9 Å². The maximum atomic E-state index is 13.5. The summed E-state index contributed by atoms with van der Waals surface area (Å²) in [6, 6.07) is 19.4. The van der Waals surface area contributed by atoms with E-state index in [1.165, 1.54) is 10.4 Å². The SMILES string of the molecule is Cc1ccc(CN(Cc2ccc(/C=C(/C#N)C(=O)NC(C)C)o2)S(=O)(=O)c2ccc(C)cc2)cc1. The van der Waals surface area contributed by atoms with E-state index in [-0.39, 0.29) is 29.6 Å². The van der Waals surface area contributed by atoms with Crippen molar-refractivity contribution in [1.82, 2.24) is 9.62 Å². The molecular formula is C27H29N3O4S. The van der Waals surface area contributed by atoms with Crippen LogP contribution in [0, 0.1) is 25.2 Å². The van der Waals surface area contributed by atoms with Gasteiger partial charge in [0.15, 0.2) is 0 Å². The molecule has 0 aliphatic carbocycles. The van der Waals surface area contributed by atoms with Gasteiger partial charge in [0.25, 0.3) is 5.91 Å². The first-order chi connectivity index (χ1) is 16.6. The zero-order chi connectivity index (χ0) is 25.6. The number of nitrogens with zero attached hydrogens (tertiary/aromatic N) is 2. The van der Waals surface area contributed by atoms with Crippen LogP contribution in [0.4, 0.5) is 0 Å². The summed E-state index contributed by atoms with van der Waals surface area (Å²) in [5.74, 6) is 0.183. The second-order valence-corrected chi connectivity index (χ2v) is 10.6. The van der Waals surface area contributed by atoms with E-state index in [4.69, 9.17) is 4.42 Å². The van der Waals surface area contributed by atoms with Gasteiger partial charge >= 0.3 is 0 Å². The van der Waals surface area contributed by atoms with Crippen LogP contribution in [0.15, 0.2) is 75.5 Å². The quantitative estimate of drug-likeness (QED) is 0.345. The fourth-order valence-electron chi connectivity index (χ4n) is 3.34. The Hall–Kier alpha value is -3.67. The highest BCUT2D eigenvalue weighted by Crippen LogP contribution is 2.23. The molecule has 0 unspecified atom stereocenters. The normalized spacial score (nSPS) is 12.1. The molecule has 0 saturated heterocycles. The summed E-state index contributed by atoms with van der Waals surface area (Å²) in [6.07, 6.45) is 1.35. The fraction of sp³-hybridized carbons (Fsp3) is 0.259. The van der Waals surface area contributed by atoms with Gasteiger partial charge in [-0.2, -0.15) is 9.57 Å². The average Bonchev–Trinajstić information content (AvgIpc) is 3.25. The minimum atomic E-state index is -3.83. The molecule has 0 fully saturated rings. The zero-order valence-corrected chi connectivity index (χ0v) is 21.1. The number of nitriles is 1. The molecule has 0 spiro atoms. The van der Waals surface area contributed by atoms with E-state index < -0.39 is 15.9 Å². The van der Waals surface area contributed by atoms with Gasteiger partial charge in [-0.1, -0.05) is 47.5 Å². The van der Waals surface area contributed by atoms with Crippen molar-refractivity contribution >= 4 is 22.0 Å². The number of sulfonamides is 1. The summed E-state index contributed by atoms with van der Waals surface area (Å²) in [7, 11) is -3.83. The molecule has 0 radical (unpaired) electrons. The van der Waals surface area contributed by atoms with Crippen molar-refractivity contribution in [1.29, 1.82) is 5.26 Å². The maximum absolute atomic E-state index is 13.5. The predicted molar refractivity (Wildman–Crippen MR) is 134 cm³/mol. The molecule has 1 heterocycles. The molecule has 8 heteroatoms. The van der Waals surface area contributed by atoms with Gasteiger partial charge in [-0.3, -0.25) is 4.79 Å². The van der Waals surface area contributed by atoms with E-state index in [1.54, 1.807) is 50.2 Å². The zero-order valence-electron chi connectivity index (χ0n) is 20.3. The van der Waals surface area contributed by atoms with E-state index in [0.717, 1.165) is 16.7 Å². The molecule has 0 bridgehead atoms. The first-order valence-electron chi connectivity index (χ1n) is 11.2. The lowest BCUT2D eigenvalue weighted by molar-refractivity contribution is -0.117. The molecule has 35 heavy (non-hydrogen) atoms. The Morgan fingerprint density at radius 2 is 1.60 bits per heavy atom. The number of furan rings is 1. The number of amides is 1. The van der Waals surface area contributed by atoms with Gasteiger partial charge < -0.3 is 9.73 Å². The summed E-state index contributed by atoms with van der Waals surface area (Å²) in [5, 5.41) is 12.0. The highest BCUT2D eigenvalue weighted by Gasteiger charge is 2.26. The molecule has 182 valence electrons. The number of rotatable bonds is 9. The number of hydrogen-bond acceptors (Lipinski definition) is 5. The van der Waals surface area contributed by atoms with Gasteiger partial charge in [0, 0.05) is 18.7 Å². The fourth-order valence-corrected chi connectivity index (χ4v) is 4.74. The number of benzene rings is 2. The van der Waals surface area contributed by atoms with Crippen molar-refractivity contribution in [3.63, 3.8) is 0 Å². The largest absolute Gasteiger partial charge is 0.460 e. The van der Waals surface area contributed by atoms with Crippen LogP contribution in [0.5, 0.6) is 0 Å². The van der Waals surface area contributed by atoms with Crippen molar-refractivity contribution in [2.75, 3.05) is 0 Å². The van der Waals surface area contributed by atoms with E-state index >= 15 is 0 Å². The summed E-state index contributed by atoms with van der Waals surface area (Å²) in [6.45, 7) is 7.61. The number of nitrogens with one attached hydrogen (secondary N) is 1. The third-order valence-corrected chi connectivity index (χ3v) is 7.03. The van der Waals surface area contributed by atoms with Gasteiger partial charge in [0.1, 0.15) is 23.2 Å². The molecule has 1 aromatic heterocycles. The van der Waals surface area contributed by atoms with Crippen LogP contribution in [-0.4, -0.2) is 24.7 Å². The summed E-state index contributed by atoms with van der Waals surface area (Å²) in [5.41, 5.74) is 2.80. The van der Waals surface area contributed by atoms with Crippen LogP contribution in [0.2, 0.25) is 0 Å². The second kappa shape index (κ2) is 11.2. The van der Waals surface area contributed by atoms with Crippen LogP contribution in [0.25, 0.3) is 6.08 Å². The van der Waals surface area contributed by atoms with Gasteiger partial charge in [-0.05, 0) is 57.5 Å². The van der Waals surface area contributed by atoms with Crippen molar-refractivity contribution in [2.24, 2.45) is 0 Å². The molecule has 2 aromatic carbocycles. The van der Waals surface area contributed by atoms with Crippen LogP contribution < -0.4 is 5.32 Å². The molecule has 0 aliphatic rings. The molecule has 3 rings (SSSR count). The molecule has 3 aromatic rings. The maximum Gasteiger partial charge on any atom is 0.262 e. The molecule has 0 aliphatic heterocycles. The van der Waals surface area contributed by atoms with Crippen molar-refractivity contribution in [2.45, 2.75) is 51.7 Å². The average molecular weight is 492 g/mol. The summed E-state index contributed by atoms with van der Waals surface area (Å²) in [4.78, 5) is 12.4. The van der Waals surface area contributed by atoms with E-state index in [9.17, 15) is 18.5 Å². The predicted octanol–water partition coefficient (Wildman–Crippen LogP) is 4.72. The molecule has 7 nitrogen and oxygen atoms in total. The van der Waals surface area contributed by atoms with Crippen molar-refractivity contribution in [3.05, 3.63) is 94.4 Å². The second-order valence-electron chi connectivity index (χ2n) is 8.67. The van der Waals surface area contributed by atoms with Gasteiger partial charge in [0.2, 0.25) is 10.0 Å². The third-order valence-electron chi connectivity index (χ3n) is 5.22. The molecule has 0 atom stereocenters. The van der Waals surface area contributed by atoms with E-state index in [2.05, 4.69) is 5.32 Å². The Labute approximate surface area is 206 Å². The van der Waals surface area contributed by atoms with Gasteiger partial charge in [-0.25, -0.2) is 8.42 Å². The third kappa shape index (κ3) is 6.92. The summed E-state index contributed by atoms with van der Waals surface area (Å²) >= 11 is 0. The molecular weight excluding hydrogens is 462 g/mol. The Balaban J connectivity index is 1.91. The molecule has 1 amide bonds. The first kappa shape index (κ1) is 25.9. The van der Waals surface area contributed by atoms with Gasteiger partial charge in [-0.15, -0.1) is 0 Å². The monoisotopic (exact) mass is 491 g/mol. The van der Waals surface area contributed by atoms with E-state index in [0.29, 0.717) is 11.5 Å². The molecule has 0 saturated carbocycles. The highest BCUT2D eigenvalue weighted by molar-refractivity contribution is 7.89. The topological polar surface area (TPSA) is 103 Å². The summed E-state index contributed by atoms with van der Waals surface area (Å²) < 4.78 is 34.2. The lowest BCUT2D eigenvalue weighted by atomic mass is 10.1. The standard InChI is InChI=1S/C27H29N3O4S/c1-19(2)29-27(31)23(16-28)15-24-11-12-25(34-24)18-30(17-22-9-5-20(3)6-10-22)35(32,33)26-13-7-21(4)8-14-26/h5-15,19H,17-18H2,1-4H3,(H,29,31)/b23-15-. The molecule has 1 N–H and O–H groups in total. The van der Waals surface area contributed by atoms with E-state index in [1.807, 2.05) is 44.2 Å². The minimum absolute atomic E-state index is 0.0159. The number of aryl methyl sites for hydroxylation is 2. The van der Waals surface area contributed by atoms with Crippen molar-refractivity contribution in [3.8, 4) is 6.07 Å². The number of carbonyl (C=O) groups is 1. The Kier molecular flexibility index (Phi) is 8.28. The lowest BCUT2D eigenvalue weighted by Crippen LogP contribution is -2.30. The van der Waals surface area contributed by atoms with Crippen LogP contribution >= 0.6 is 0 Å². The highest BCUT2D eigenvalue weighted by atomic mass is 32.2. The minimum Gasteiger partial charge on any atom is -0.460 e. The number of hydrogen-bond donors (Lipinski definition) is 1. The van der Waals surface area contributed by atoms with Crippen LogP contribution in [0.1, 0.15) is 42.1 Å². The Bertz CT molecular complexity index is 1350. The number of carbonyl (C=O) groups excluding carboxylic acids is 1. The van der Waals surface area contributed by atoms with Crippen molar-refractivity contribution < 1.29 is 17.6 Å².